The van der Waals surface area contributed by atoms with Gasteiger partial charge in [-0.25, -0.2) is 19.3 Å². The lowest BCUT2D eigenvalue weighted by Crippen LogP contribution is -2.43. The first-order chi connectivity index (χ1) is 16.7. The fourth-order valence-electron chi connectivity index (χ4n) is 4.09. The summed E-state index contributed by atoms with van der Waals surface area (Å²) in [6, 6.07) is 13.7. The molecule has 9 nitrogen and oxygen atoms in total. The van der Waals surface area contributed by atoms with Crippen LogP contribution in [0.15, 0.2) is 54.7 Å². The van der Waals surface area contributed by atoms with Crippen LogP contribution in [0, 0.1) is 5.82 Å². The largest absolute Gasteiger partial charge is 0.363 e. The SMILES string of the molecule is O=C(Nc1cc(-n2c(-c3ccc(F)cc3)nc3ccc(N4CCNCC4)nc32)ccn1)C1CO1. The molecule has 1 unspecified atom stereocenters. The van der Waals surface area contributed by atoms with Crippen molar-refractivity contribution in [2.75, 3.05) is 43.0 Å². The van der Waals surface area contributed by atoms with Crippen LogP contribution in [0.5, 0.6) is 0 Å². The average Bonchev–Trinajstić information content (AvgIpc) is 3.65. The summed E-state index contributed by atoms with van der Waals surface area (Å²) in [4.78, 5) is 28.5. The van der Waals surface area contributed by atoms with Gasteiger partial charge in [0.15, 0.2) is 11.8 Å². The number of ether oxygens (including phenoxy) is 1. The van der Waals surface area contributed by atoms with Gasteiger partial charge < -0.3 is 20.3 Å². The fourth-order valence-corrected chi connectivity index (χ4v) is 4.09. The van der Waals surface area contributed by atoms with E-state index >= 15 is 0 Å². The van der Waals surface area contributed by atoms with Gasteiger partial charge in [0, 0.05) is 44.0 Å². The van der Waals surface area contributed by atoms with Crippen LogP contribution in [0.25, 0.3) is 28.2 Å². The molecule has 1 aromatic carbocycles. The summed E-state index contributed by atoms with van der Waals surface area (Å²) in [5, 5.41) is 6.15. The Morgan fingerprint density at radius 1 is 1.09 bits per heavy atom. The van der Waals surface area contributed by atoms with E-state index in [1.165, 1.54) is 12.1 Å². The number of aromatic nitrogens is 4. The summed E-state index contributed by atoms with van der Waals surface area (Å²) in [7, 11) is 0. The van der Waals surface area contributed by atoms with Gasteiger partial charge >= 0.3 is 0 Å². The summed E-state index contributed by atoms with van der Waals surface area (Å²) in [5.41, 5.74) is 2.86. The molecule has 2 aliphatic heterocycles. The first-order valence-electron chi connectivity index (χ1n) is 11.2. The zero-order chi connectivity index (χ0) is 23.1. The molecule has 2 aliphatic rings. The Kier molecular flexibility index (Phi) is 5.16. The van der Waals surface area contributed by atoms with Crippen molar-refractivity contribution in [1.82, 2.24) is 24.8 Å². The van der Waals surface area contributed by atoms with Gasteiger partial charge in [0.25, 0.3) is 5.91 Å². The number of hydrogen-bond acceptors (Lipinski definition) is 7. The van der Waals surface area contributed by atoms with Gasteiger partial charge in [0.2, 0.25) is 0 Å². The lowest BCUT2D eigenvalue weighted by atomic mass is 10.2. The summed E-state index contributed by atoms with van der Waals surface area (Å²) in [6.07, 6.45) is 1.21. The molecule has 172 valence electrons. The molecule has 6 rings (SSSR count). The van der Waals surface area contributed by atoms with Crippen molar-refractivity contribution in [2.45, 2.75) is 6.10 Å². The van der Waals surface area contributed by atoms with Crippen LogP contribution in [0.4, 0.5) is 16.0 Å². The highest BCUT2D eigenvalue weighted by molar-refractivity contribution is 5.95. The number of halogens is 1. The van der Waals surface area contributed by atoms with E-state index in [1.54, 1.807) is 24.4 Å². The Labute approximate surface area is 194 Å². The quantitative estimate of drug-likeness (QED) is 0.442. The number of piperazine rings is 1. The zero-order valence-electron chi connectivity index (χ0n) is 18.2. The predicted molar refractivity (Wildman–Crippen MR) is 126 cm³/mol. The molecule has 0 spiro atoms. The van der Waals surface area contributed by atoms with Crippen molar-refractivity contribution in [3.63, 3.8) is 0 Å². The van der Waals surface area contributed by atoms with E-state index in [2.05, 4.69) is 20.5 Å². The molecule has 10 heteroatoms. The topological polar surface area (TPSA) is 101 Å². The van der Waals surface area contributed by atoms with Gasteiger partial charge in [0.05, 0.1) is 12.3 Å². The number of benzene rings is 1. The number of rotatable bonds is 5. The van der Waals surface area contributed by atoms with Crippen molar-refractivity contribution in [2.24, 2.45) is 0 Å². The zero-order valence-corrected chi connectivity index (χ0v) is 18.2. The minimum atomic E-state index is -0.419. The second-order valence-electron chi connectivity index (χ2n) is 8.24. The van der Waals surface area contributed by atoms with E-state index in [4.69, 9.17) is 14.7 Å². The van der Waals surface area contributed by atoms with E-state index in [0.29, 0.717) is 29.4 Å². The standard InChI is InChI=1S/C24H22FN7O2/c25-16-3-1-15(2-4-16)22-28-18-5-6-21(31-11-9-26-10-12-31)30-23(18)32(22)17-7-8-27-20(13-17)29-24(33)19-14-34-19/h1-8,13,19,26H,9-12,14H2,(H,27,29,33). The smallest absolute Gasteiger partial charge is 0.257 e. The number of nitrogens with zero attached hydrogens (tertiary/aromatic N) is 5. The molecule has 2 saturated heterocycles. The second-order valence-corrected chi connectivity index (χ2v) is 8.24. The van der Waals surface area contributed by atoms with Crippen LogP contribution in [-0.4, -0.2) is 64.3 Å². The lowest BCUT2D eigenvalue weighted by molar-refractivity contribution is -0.117. The Hall–Kier alpha value is -3.89. The van der Waals surface area contributed by atoms with Crippen molar-refractivity contribution in [1.29, 1.82) is 0 Å². The Morgan fingerprint density at radius 2 is 1.88 bits per heavy atom. The number of carbonyl (C=O) groups excluding carboxylic acids is 1. The Morgan fingerprint density at radius 3 is 2.65 bits per heavy atom. The van der Waals surface area contributed by atoms with Crippen LogP contribution < -0.4 is 15.5 Å². The molecular weight excluding hydrogens is 437 g/mol. The number of imidazole rings is 1. The number of amides is 1. The number of epoxide rings is 1. The van der Waals surface area contributed by atoms with E-state index in [0.717, 1.165) is 43.2 Å². The predicted octanol–water partition coefficient (Wildman–Crippen LogP) is 2.37. The molecule has 0 bridgehead atoms. The molecule has 2 fully saturated rings. The van der Waals surface area contributed by atoms with Crippen molar-refractivity contribution in [3.8, 4) is 17.1 Å². The highest BCUT2D eigenvalue weighted by atomic mass is 19.1. The molecule has 5 heterocycles. The maximum absolute atomic E-state index is 13.6. The van der Waals surface area contributed by atoms with E-state index in [1.807, 2.05) is 22.8 Å². The second kappa shape index (κ2) is 8.47. The average molecular weight is 459 g/mol. The molecule has 0 saturated carbocycles. The van der Waals surface area contributed by atoms with Gasteiger partial charge in [-0.05, 0) is 42.5 Å². The van der Waals surface area contributed by atoms with Gasteiger partial charge in [-0.3, -0.25) is 9.36 Å². The maximum atomic E-state index is 13.6. The summed E-state index contributed by atoms with van der Waals surface area (Å²) < 4.78 is 20.6. The summed E-state index contributed by atoms with van der Waals surface area (Å²) in [6.45, 7) is 3.96. The van der Waals surface area contributed by atoms with Crippen LogP contribution in [0.1, 0.15) is 0 Å². The maximum Gasteiger partial charge on any atom is 0.257 e. The number of anilines is 2. The van der Waals surface area contributed by atoms with Gasteiger partial charge in [-0.1, -0.05) is 0 Å². The number of pyridine rings is 2. The molecule has 1 amide bonds. The van der Waals surface area contributed by atoms with Crippen molar-refractivity contribution < 1.29 is 13.9 Å². The molecule has 1 atom stereocenters. The van der Waals surface area contributed by atoms with E-state index in [-0.39, 0.29) is 11.7 Å². The van der Waals surface area contributed by atoms with E-state index in [9.17, 15) is 9.18 Å². The summed E-state index contributed by atoms with van der Waals surface area (Å²) in [5.74, 6) is 1.35. The van der Waals surface area contributed by atoms with Crippen molar-refractivity contribution >= 4 is 28.7 Å². The molecular formula is C24H22FN7O2. The number of nitrogens with one attached hydrogen (secondary N) is 2. The normalized spacial score (nSPS) is 17.7. The molecule has 4 aromatic rings. The monoisotopic (exact) mass is 459 g/mol. The molecule has 0 aliphatic carbocycles. The van der Waals surface area contributed by atoms with Crippen LogP contribution >= 0.6 is 0 Å². The molecule has 3 aromatic heterocycles. The number of carbonyl (C=O) groups is 1. The summed E-state index contributed by atoms with van der Waals surface area (Å²) >= 11 is 0. The third-order valence-electron chi connectivity index (χ3n) is 5.91. The van der Waals surface area contributed by atoms with Crippen molar-refractivity contribution in [3.05, 3.63) is 60.5 Å². The molecule has 2 N–H and O–H groups in total. The minimum absolute atomic E-state index is 0.224. The Balaban J connectivity index is 1.48. The third kappa shape index (κ3) is 3.97. The number of hydrogen-bond donors (Lipinski definition) is 2. The van der Waals surface area contributed by atoms with Gasteiger partial charge in [-0.15, -0.1) is 0 Å². The molecule has 0 radical (unpaired) electrons. The van der Waals surface area contributed by atoms with E-state index < -0.39 is 6.10 Å². The van der Waals surface area contributed by atoms with Crippen LogP contribution in [0.3, 0.4) is 0 Å². The highest BCUT2D eigenvalue weighted by Crippen LogP contribution is 2.30. The minimum Gasteiger partial charge on any atom is -0.363 e. The molecule has 34 heavy (non-hydrogen) atoms. The first kappa shape index (κ1) is 20.7. The van der Waals surface area contributed by atoms with Gasteiger partial charge in [-0.2, -0.15) is 0 Å². The first-order valence-corrected chi connectivity index (χ1v) is 11.2. The van der Waals surface area contributed by atoms with Crippen LogP contribution in [-0.2, 0) is 9.53 Å². The Bertz CT molecular complexity index is 1360. The lowest BCUT2D eigenvalue weighted by Gasteiger charge is -2.28. The third-order valence-corrected chi connectivity index (χ3v) is 5.91. The number of fused-ring (bicyclic) bond motifs is 1. The highest BCUT2D eigenvalue weighted by Gasteiger charge is 2.31. The fraction of sp³-hybridized carbons (Fsp3) is 0.250. The van der Waals surface area contributed by atoms with Crippen LogP contribution in [0.2, 0.25) is 0 Å². The van der Waals surface area contributed by atoms with Gasteiger partial charge in [0.1, 0.15) is 28.8 Å².